The van der Waals surface area contributed by atoms with Gasteiger partial charge < -0.3 is 14.9 Å². The van der Waals surface area contributed by atoms with E-state index in [9.17, 15) is 14.7 Å². The van der Waals surface area contributed by atoms with Crippen molar-refractivity contribution >= 4 is 17.8 Å². The fourth-order valence-corrected chi connectivity index (χ4v) is 2.97. The summed E-state index contributed by atoms with van der Waals surface area (Å²) in [6, 6.07) is 0. The predicted octanol–water partition coefficient (Wildman–Crippen LogP) is 1.57. The highest BCUT2D eigenvalue weighted by Gasteiger charge is 2.42. The Bertz CT molecular complexity index is 617. The average Bonchev–Trinajstić information content (AvgIpc) is 2.53. The lowest BCUT2D eigenvalue weighted by Crippen LogP contribution is -2.49. The molecule has 7 nitrogen and oxygen atoms in total. The summed E-state index contributed by atoms with van der Waals surface area (Å²) in [4.78, 5) is 36.3. The predicted molar refractivity (Wildman–Crippen MR) is 86.6 cm³/mol. The van der Waals surface area contributed by atoms with E-state index in [2.05, 4.69) is 9.97 Å². The minimum Gasteiger partial charge on any atom is -0.481 e. The zero-order valence-corrected chi connectivity index (χ0v) is 14.2. The molecular weight excluding hydrogens is 296 g/mol. The molecule has 0 spiro atoms. The van der Waals surface area contributed by atoms with E-state index < -0.39 is 11.4 Å². The number of rotatable bonds is 4. The van der Waals surface area contributed by atoms with Crippen molar-refractivity contribution in [2.75, 3.05) is 32.1 Å². The van der Waals surface area contributed by atoms with Crippen LogP contribution >= 0.6 is 0 Å². The molecule has 23 heavy (non-hydrogen) atoms. The van der Waals surface area contributed by atoms with Crippen LogP contribution in [0, 0.1) is 12.3 Å². The van der Waals surface area contributed by atoms with Gasteiger partial charge >= 0.3 is 5.97 Å². The number of nitrogens with zero attached hydrogens (tertiary/aromatic N) is 4. The molecule has 1 aromatic rings. The van der Waals surface area contributed by atoms with Crippen molar-refractivity contribution in [2.24, 2.45) is 5.41 Å². The first kappa shape index (κ1) is 17.2. The molecule has 1 saturated heterocycles. The normalized spacial score (nSPS) is 21.1. The molecule has 2 rings (SSSR count). The van der Waals surface area contributed by atoms with Gasteiger partial charge in [-0.1, -0.05) is 6.92 Å². The number of carboxylic acid groups (broad SMARTS) is 1. The molecule has 1 aromatic heterocycles. The van der Waals surface area contributed by atoms with Crippen LogP contribution in [0.1, 0.15) is 42.2 Å². The molecule has 1 N–H and O–H groups in total. The number of aryl methyl sites for hydroxylation is 1. The van der Waals surface area contributed by atoms with Gasteiger partial charge in [-0.3, -0.25) is 9.59 Å². The van der Waals surface area contributed by atoms with Gasteiger partial charge in [0.2, 0.25) is 5.95 Å². The maximum atomic E-state index is 12.8. The Balaban J connectivity index is 2.25. The summed E-state index contributed by atoms with van der Waals surface area (Å²) in [5.41, 5.74) is 0.205. The number of carboxylic acids is 1. The fourth-order valence-electron chi connectivity index (χ4n) is 2.97. The third-order valence-corrected chi connectivity index (χ3v) is 4.59. The van der Waals surface area contributed by atoms with Gasteiger partial charge in [-0.05, 0) is 26.2 Å². The van der Waals surface area contributed by atoms with Gasteiger partial charge in [0.1, 0.15) is 0 Å². The minimum absolute atomic E-state index is 0.188. The summed E-state index contributed by atoms with van der Waals surface area (Å²) in [5.74, 6) is -0.467. The Kier molecular flexibility index (Phi) is 4.87. The number of piperidine rings is 1. The maximum Gasteiger partial charge on any atom is 0.311 e. The molecule has 1 fully saturated rings. The first-order valence-electron chi connectivity index (χ1n) is 7.84. The Morgan fingerprint density at radius 3 is 2.65 bits per heavy atom. The van der Waals surface area contributed by atoms with Gasteiger partial charge in [-0.2, -0.15) is 0 Å². The number of hydrogen-bond donors (Lipinski definition) is 1. The number of anilines is 1. The highest BCUT2D eigenvalue weighted by atomic mass is 16.4. The standard InChI is InChI=1S/C16H24N4O3/c1-5-16(14(22)23)7-6-8-20(10-16)13(21)12-9-17-15(19(3)4)18-11(12)2/h9H,5-8,10H2,1-4H3,(H,22,23)/t16-/m1/s1. The number of aliphatic carboxylic acids is 1. The molecule has 0 bridgehead atoms. The summed E-state index contributed by atoms with van der Waals surface area (Å²) in [6.45, 7) is 4.45. The molecule has 126 valence electrons. The van der Waals surface area contributed by atoms with Crippen LogP contribution in [0.4, 0.5) is 5.95 Å². The third kappa shape index (κ3) is 3.28. The van der Waals surface area contributed by atoms with E-state index in [-0.39, 0.29) is 12.5 Å². The quantitative estimate of drug-likeness (QED) is 0.906. The second-order valence-electron chi connectivity index (χ2n) is 6.33. The number of likely N-dealkylation sites (tertiary alicyclic amines) is 1. The molecule has 1 atom stereocenters. The summed E-state index contributed by atoms with van der Waals surface area (Å²) >= 11 is 0. The van der Waals surface area contributed by atoms with Crippen LogP contribution in [0.3, 0.4) is 0 Å². The van der Waals surface area contributed by atoms with Crippen molar-refractivity contribution in [1.82, 2.24) is 14.9 Å². The van der Waals surface area contributed by atoms with Crippen LogP contribution in [0.25, 0.3) is 0 Å². The van der Waals surface area contributed by atoms with Crippen molar-refractivity contribution in [3.8, 4) is 0 Å². The Hall–Kier alpha value is -2.18. The average molecular weight is 320 g/mol. The molecule has 0 saturated carbocycles. The smallest absolute Gasteiger partial charge is 0.311 e. The van der Waals surface area contributed by atoms with Gasteiger partial charge in [-0.25, -0.2) is 9.97 Å². The molecule has 0 radical (unpaired) electrons. The van der Waals surface area contributed by atoms with Crippen molar-refractivity contribution in [3.05, 3.63) is 17.5 Å². The topological polar surface area (TPSA) is 86.6 Å². The molecule has 0 unspecified atom stereocenters. The Labute approximate surface area is 136 Å². The van der Waals surface area contributed by atoms with Gasteiger partial charge in [0.15, 0.2) is 0 Å². The molecular formula is C16H24N4O3. The van der Waals surface area contributed by atoms with Crippen LogP contribution in [0.2, 0.25) is 0 Å². The first-order chi connectivity index (χ1) is 10.8. The molecule has 0 aromatic carbocycles. The van der Waals surface area contributed by atoms with Crippen LogP contribution in [-0.4, -0.2) is 59.0 Å². The van der Waals surface area contributed by atoms with Crippen LogP contribution in [-0.2, 0) is 4.79 Å². The van der Waals surface area contributed by atoms with E-state index in [1.54, 1.807) is 16.7 Å². The van der Waals surface area contributed by atoms with E-state index in [1.165, 1.54) is 6.20 Å². The minimum atomic E-state index is -0.841. The summed E-state index contributed by atoms with van der Waals surface area (Å²) < 4.78 is 0. The maximum absolute atomic E-state index is 12.8. The van der Waals surface area contributed by atoms with E-state index in [4.69, 9.17) is 0 Å². The number of aromatic nitrogens is 2. The summed E-state index contributed by atoms with van der Waals surface area (Å²) in [5, 5.41) is 9.54. The third-order valence-electron chi connectivity index (χ3n) is 4.59. The second kappa shape index (κ2) is 6.52. The van der Waals surface area contributed by atoms with Crippen molar-refractivity contribution < 1.29 is 14.7 Å². The van der Waals surface area contributed by atoms with E-state index in [1.807, 2.05) is 21.0 Å². The lowest BCUT2D eigenvalue weighted by Gasteiger charge is -2.39. The fraction of sp³-hybridized carbons (Fsp3) is 0.625. The van der Waals surface area contributed by atoms with Crippen molar-refractivity contribution in [2.45, 2.75) is 33.1 Å². The highest BCUT2D eigenvalue weighted by molar-refractivity contribution is 5.95. The SMILES string of the molecule is CC[C@@]1(C(=O)O)CCCN(C(=O)c2cnc(N(C)C)nc2C)C1. The zero-order chi connectivity index (χ0) is 17.2. The number of carbonyl (C=O) groups is 2. The van der Waals surface area contributed by atoms with E-state index in [0.29, 0.717) is 43.0 Å². The summed E-state index contributed by atoms with van der Waals surface area (Å²) in [6.07, 6.45) is 3.35. The van der Waals surface area contributed by atoms with Gasteiger partial charge in [0.25, 0.3) is 5.91 Å². The van der Waals surface area contributed by atoms with Gasteiger partial charge in [0, 0.05) is 33.4 Å². The monoisotopic (exact) mass is 320 g/mol. The van der Waals surface area contributed by atoms with Gasteiger partial charge in [0.05, 0.1) is 16.7 Å². The van der Waals surface area contributed by atoms with Crippen LogP contribution < -0.4 is 4.90 Å². The highest BCUT2D eigenvalue weighted by Crippen LogP contribution is 2.34. The lowest BCUT2D eigenvalue weighted by atomic mass is 9.77. The number of amides is 1. The molecule has 2 heterocycles. The number of carbonyl (C=O) groups excluding carboxylic acids is 1. The molecule has 1 aliphatic rings. The lowest BCUT2D eigenvalue weighted by molar-refractivity contribution is -0.152. The Morgan fingerprint density at radius 2 is 2.13 bits per heavy atom. The van der Waals surface area contributed by atoms with Crippen LogP contribution in [0.15, 0.2) is 6.20 Å². The molecule has 0 aliphatic carbocycles. The molecule has 1 aliphatic heterocycles. The zero-order valence-electron chi connectivity index (χ0n) is 14.2. The van der Waals surface area contributed by atoms with E-state index >= 15 is 0 Å². The molecule has 1 amide bonds. The number of hydrogen-bond acceptors (Lipinski definition) is 5. The van der Waals surface area contributed by atoms with Crippen molar-refractivity contribution in [1.29, 1.82) is 0 Å². The summed E-state index contributed by atoms with van der Waals surface area (Å²) in [7, 11) is 3.67. The molecule has 7 heteroatoms. The van der Waals surface area contributed by atoms with Gasteiger partial charge in [-0.15, -0.1) is 0 Å². The van der Waals surface area contributed by atoms with Crippen molar-refractivity contribution in [3.63, 3.8) is 0 Å². The first-order valence-corrected chi connectivity index (χ1v) is 7.84. The second-order valence-corrected chi connectivity index (χ2v) is 6.33. The Morgan fingerprint density at radius 1 is 1.43 bits per heavy atom. The van der Waals surface area contributed by atoms with E-state index in [0.717, 1.165) is 0 Å². The largest absolute Gasteiger partial charge is 0.481 e. The van der Waals surface area contributed by atoms with Crippen LogP contribution in [0.5, 0.6) is 0 Å².